The molecule has 0 atom stereocenters. The number of nitro groups is 4. The van der Waals surface area contributed by atoms with Crippen molar-refractivity contribution in [1.82, 2.24) is 0 Å². The molecular weight excluding hydrogens is 406 g/mol. The first-order valence-corrected chi connectivity index (χ1v) is 7.04. The SMILES string of the molecule is O=C(CCCCC(=O)OCC(F)([N+](=O)[O-])[N+](=O)[O-])OCC(F)([N+](=O)[O-])[N+](=O)[O-]. The van der Waals surface area contributed by atoms with Crippen LogP contribution in [0, 0.1) is 40.5 Å². The van der Waals surface area contributed by atoms with Crippen LogP contribution in [-0.2, 0) is 19.1 Å². The number of hydrogen-bond donors (Lipinski definition) is 0. The number of esters is 2. The van der Waals surface area contributed by atoms with E-state index >= 15 is 0 Å². The zero-order chi connectivity index (χ0) is 22.1. The van der Waals surface area contributed by atoms with Crippen molar-refractivity contribution in [3.05, 3.63) is 40.5 Å². The molecule has 0 amide bonds. The van der Waals surface area contributed by atoms with Crippen LogP contribution in [0.4, 0.5) is 8.78 Å². The largest absolute Gasteiger partial charge is 0.648 e. The molecule has 0 spiro atoms. The summed E-state index contributed by atoms with van der Waals surface area (Å²) >= 11 is 0. The lowest BCUT2D eigenvalue weighted by Gasteiger charge is -2.09. The molecule has 0 fully saturated rings. The highest BCUT2D eigenvalue weighted by Crippen LogP contribution is 2.16. The minimum Gasteiger partial charge on any atom is -0.446 e. The number of hydrogen-bond acceptors (Lipinski definition) is 12. The Kier molecular flexibility index (Phi) is 8.65. The number of nitrogens with zero attached hydrogens (tertiary/aromatic N) is 4. The van der Waals surface area contributed by atoms with Gasteiger partial charge in [-0.05, 0) is 12.8 Å². The van der Waals surface area contributed by atoms with Gasteiger partial charge in [-0.3, -0.25) is 50.0 Å². The van der Waals surface area contributed by atoms with Gasteiger partial charge in [0.25, 0.3) is 13.2 Å². The first-order chi connectivity index (χ1) is 12.8. The quantitative estimate of drug-likeness (QED) is 0.0960. The lowest BCUT2D eigenvalue weighted by molar-refractivity contribution is -0.832. The molecule has 18 heteroatoms. The normalized spacial score (nSPS) is 11.4. The van der Waals surface area contributed by atoms with E-state index in [0.717, 1.165) is 0 Å². The van der Waals surface area contributed by atoms with Gasteiger partial charge < -0.3 is 9.47 Å². The second-order valence-electron chi connectivity index (χ2n) is 4.99. The molecule has 0 bridgehead atoms. The highest BCUT2D eigenvalue weighted by atomic mass is 19.2. The van der Waals surface area contributed by atoms with E-state index < -0.39 is 69.5 Å². The Morgan fingerprint density at radius 1 is 0.679 bits per heavy atom. The topological polar surface area (TPSA) is 225 Å². The summed E-state index contributed by atoms with van der Waals surface area (Å²) in [4.78, 5) is 56.0. The van der Waals surface area contributed by atoms with Crippen molar-refractivity contribution in [1.29, 1.82) is 0 Å². The summed E-state index contributed by atoms with van der Waals surface area (Å²) < 4.78 is 34.8. The van der Waals surface area contributed by atoms with Gasteiger partial charge in [0.1, 0.15) is 19.7 Å². The smallest absolute Gasteiger partial charge is 0.446 e. The van der Waals surface area contributed by atoms with E-state index in [4.69, 9.17) is 0 Å². The molecule has 0 aromatic rings. The Hall–Kier alpha value is -3.60. The summed E-state index contributed by atoms with van der Waals surface area (Å²) in [5.74, 6) is -11.0. The van der Waals surface area contributed by atoms with Crippen LogP contribution in [0.5, 0.6) is 0 Å². The molecule has 0 rings (SSSR count). The maximum Gasteiger partial charge on any atom is 0.648 e. The molecule has 28 heavy (non-hydrogen) atoms. The fourth-order valence-electron chi connectivity index (χ4n) is 1.37. The number of carbonyl (C=O) groups is 2. The second-order valence-corrected chi connectivity index (χ2v) is 4.99. The van der Waals surface area contributed by atoms with E-state index in [9.17, 15) is 58.8 Å². The van der Waals surface area contributed by atoms with Gasteiger partial charge in [0.05, 0.1) is 0 Å². The lowest BCUT2D eigenvalue weighted by atomic mass is 10.2. The van der Waals surface area contributed by atoms with Crippen molar-refractivity contribution in [2.24, 2.45) is 0 Å². The second kappa shape index (κ2) is 9.92. The van der Waals surface area contributed by atoms with Crippen LogP contribution < -0.4 is 0 Å². The summed E-state index contributed by atoms with van der Waals surface area (Å²) in [5.41, 5.74) is 0. The van der Waals surface area contributed by atoms with Crippen LogP contribution in [0.15, 0.2) is 0 Å². The first kappa shape index (κ1) is 24.4. The van der Waals surface area contributed by atoms with Crippen molar-refractivity contribution in [3.63, 3.8) is 0 Å². The van der Waals surface area contributed by atoms with Crippen LogP contribution in [0.3, 0.4) is 0 Å². The maximum absolute atomic E-state index is 13.3. The molecular formula is C10H12F2N4O12. The van der Waals surface area contributed by atoms with E-state index in [1.807, 2.05) is 0 Å². The predicted molar refractivity (Wildman–Crippen MR) is 76.0 cm³/mol. The number of halogens is 2. The standard InChI is InChI=1S/C10H12F2N4O12/c11-9(13(19)20,14(21)22)5-27-7(17)3-1-2-4-8(18)28-6-10(12,15(23)24)16(25)26/h1-6H2. The molecule has 0 heterocycles. The molecule has 0 saturated heterocycles. The molecule has 0 aromatic heterocycles. The Bertz CT molecular complexity index is 587. The first-order valence-electron chi connectivity index (χ1n) is 7.04. The summed E-state index contributed by atoms with van der Waals surface area (Å²) in [7, 11) is 0. The van der Waals surface area contributed by atoms with Crippen molar-refractivity contribution < 1.29 is 47.5 Å². The molecule has 0 radical (unpaired) electrons. The highest BCUT2D eigenvalue weighted by Gasteiger charge is 2.60. The van der Waals surface area contributed by atoms with Crippen LogP contribution in [0.2, 0.25) is 0 Å². The molecule has 158 valence electrons. The number of carbonyl (C=O) groups excluding carboxylic acids is 2. The monoisotopic (exact) mass is 418 g/mol. The zero-order valence-corrected chi connectivity index (χ0v) is 13.7. The van der Waals surface area contributed by atoms with Gasteiger partial charge in [-0.15, -0.1) is 0 Å². The molecule has 0 aromatic carbocycles. The van der Waals surface area contributed by atoms with Crippen molar-refractivity contribution in [3.8, 4) is 0 Å². The minimum atomic E-state index is -4.22. The van der Waals surface area contributed by atoms with Crippen molar-refractivity contribution >= 4 is 11.9 Å². The van der Waals surface area contributed by atoms with E-state index in [1.54, 1.807) is 0 Å². The van der Waals surface area contributed by atoms with Crippen molar-refractivity contribution in [2.45, 2.75) is 37.5 Å². The number of alkyl halides is 2. The van der Waals surface area contributed by atoms with Gasteiger partial charge in [-0.25, -0.2) is 0 Å². The van der Waals surface area contributed by atoms with E-state index in [2.05, 4.69) is 9.47 Å². The summed E-state index contributed by atoms with van der Waals surface area (Å²) in [5, 5.41) is 41.0. The van der Waals surface area contributed by atoms with Crippen molar-refractivity contribution in [2.75, 3.05) is 13.2 Å². The molecule has 0 aliphatic heterocycles. The molecule has 0 aliphatic carbocycles. The number of unbranched alkanes of at least 4 members (excludes halogenated alkanes) is 1. The fraction of sp³-hybridized carbons (Fsp3) is 0.800. The Balaban J connectivity index is 4.25. The Morgan fingerprint density at radius 2 is 0.929 bits per heavy atom. The van der Waals surface area contributed by atoms with E-state index in [-0.39, 0.29) is 12.8 Å². The fourth-order valence-corrected chi connectivity index (χ4v) is 1.37. The predicted octanol–water partition coefficient (Wildman–Crippen LogP) is -0.0134. The maximum atomic E-state index is 13.3. The highest BCUT2D eigenvalue weighted by molar-refractivity contribution is 5.70. The minimum absolute atomic E-state index is 0.171. The Morgan fingerprint density at radius 3 is 1.14 bits per heavy atom. The van der Waals surface area contributed by atoms with Gasteiger partial charge in [0.2, 0.25) is 0 Å². The molecule has 0 aliphatic rings. The van der Waals surface area contributed by atoms with Crippen LogP contribution >= 0.6 is 0 Å². The number of rotatable bonds is 13. The third-order valence-corrected chi connectivity index (χ3v) is 2.96. The zero-order valence-electron chi connectivity index (χ0n) is 13.7. The lowest BCUT2D eigenvalue weighted by Crippen LogP contribution is -2.46. The Labute approximate surface area is 152 Å². The van der Waals surface area contributed by atoms with Gasteiger partial charge in [-0.1, -0.05) is 8.78 Å². The summed E-state index contributed by atoms with van der Waals surface area (Å²) in [6, 6.07) is 0. The van der Waals surface area contributed by atoms with E-state index in [0.29, 0.717) is 0 Å². The average Bonchev–Trinajstić information content (AvgIpc) is 2.60. The van der Waals surface area contributed by atoms with Gasteiger partial charge in [0, 0.05) is 12.8 Å². The average molecular weight is 418 g/mol. The third-order valence-electron chi connectivity index (χ3n) is 2.96. The van der Waals surface area contributed by atoms with Gasteiger partial charge >= 0.3 is 23.8 Å². The molecule has 0 saturated carbocycles. The summed E-state index contributed by atoms with van der Waals surface area (Å²) in [6.07, 6.45) is -1.43. The van der Waals surface area contributed by atoms with E-state index in [1.165, 1.54) is 0 Å². The summed E-state index contributed by atoms with van der Waals surface area (Å²) in [6.45, 7) is -3.57. The van der Waals surface area contributed by atoms with Gasteiger partial charge in [0.15, 0.2) is 0 Å². The van der Waals surface area contributed by atoms with Crippen LogP contribution in [-0.4, -0.2) is 56.7 Å². The molecule has 16 nitrogen and oxygen atoms in total. The van der Waals surface area contributed by atoms with Gasteiger partial charge in [-0.2, -0.15) is 0 Å². The van der Waals surface area contributed by atoms with Crippen LogP contribution in [0.1, 0.15) is 25.7 Å². The molecule has 0 N–H and O–H groups in total. The third kappa shape index (κ3) is 6.61. The van der Waals surface area contributed by atoms with Crippen LogP contribution in [0.25, 0.3) is 0 Å². The molecule has 0 unspecified atom stereocenters. The number of ether oxygens (including phenoxy) is 2.